The quantitative estimate of drug-likeness (QED) is 0.668. The van der Waals surface area contributed by atoms with Crippen molar-refractivity contribution in [2.75, 3.05) is 16.0 Å². The summed E-state index contributed by atoms with van der Waals surface area (Å²) in [4.78, 5) is 36.1. The van der Waals surface area contributed by atoms with E-state index in [9.17, 15) is 14.4 Å². The van der Waals surface area contributed by atoms with Gasteiger partial charge in [-0.3, -0.25) is 14.4 Å². The van der Waals surface area contributed by atoms with Gasteiger partial charge in [0.2, 0.25) is 5.91 Å². The monoisotopic (exact) mass is 381 g/mol. The van der Waals surface area contributed by atoms with Gasteiger partial charge in [0.1, 0.15) is 0 Å². The molecule has 0 unspecified atom stereocenters. The summed E-state index contributed by atoms with van der Waals surface area (Å²) in [5.74, 6) is -1.32. The summed E-state index contributed by atoms with van der Waals surface area (Å²) in [7, 11) is 0. The van der Waals surface area contributed by atoms with E-state index in [0.717, 1.165) is 11.1 Å². The van der Waals surface area contributed by atoms with Gasteiger partial charge in [0.05, 0.1) is 0 Å². The molecule has 2 aromatic carbocycles. The van der Waals surface area contributed by atoms with E-state index in [1.807, 2.05) is 45.9 Å². The molecule has 0 saturated carbocycles. The predicted molar refractivity (Wildman–Crippen MR) is 113 cm³/mol. The number of hydrogen-bond donors (Lipinski definition) is 3. The van der Waals surface area contributed by atoms with Crippen molar-refractivity contribution >= 4 is 34.8 Å². The highest BCUT2D eigenvalue weighted by Crippen LogP contribution is 2.32. The Morgan fingerprint density at radius 2 is 1.18 bits per heavy atom. The maximum absolute atomic E-state index is 12.5. The molecular formula is C22H27N3O3. The molecule has 0 spiro atoms. The van der Waals surface area contributed by atoms with Crippen molar-refractivity contribution in [3.05, 3.63) is 53.6 Å². The molecule has 148 valence electrons. The van der Waals surface area contributed by atoms with E-state index in [2.05, 4.69) is 16.0 Å². The van der Waals surface area contributed by atoms with E-state index in [0.29, 0.717) is 17.1 Å². The summed E-state index contributed by atoms with van der Waals surface area (Å²) in [6.45, 7) is 9.58. The lowest BCUT2D eigenvalue weighted by Gasteiger charge is -2.20. The van der Waals surface area contributed by atoms with Crippen molar-refractivity contribution in [2.45, 2.75) is 46.5 Å². The average molecular weight is 381 g/mol. The van der Waals surface area contributed by atoms with E-state index in [-0.39, 0.29) is 17.7 Å². The van der Waals surface area contributed by atoms with Crippen LogP contribution in [0.25, 0.3) is 0 Å². The molecule has 6 nitrogen and oxygen atoms in total. The van der Waals surface area contributed by atoms with Gasteiger partial charge in [0.25, 0.3) is 0 Å². The summed E-state index contributed by atoms with van der Waals surface area (Å²) in [6.07, 6.45) is 0. The van der Waals surface area contributed by atoms with Gasteiger partial charge >= 0.3 is 11.8 Å². The Balaban J connectivity index is 2.19. The van der Waals surface area contributed by atoms with Crippen molar-refractivity contribution < 1.29 is 14.4 Å². The number of rotatable bonds is 5. The van der Waals surface area contributed by atoms with Gasteiger partial charge in [0, 0.05) is 24.0 Å². The lowest BCUT2D eigenvalue weighted by molar-refractivity contribution is -0.133. The lowest BCUT2D eigenvalue weighted by Crippen LogP contribution is -2.30. The second-order valence-electron chi connectivity index (χ2n) is 7.29. The summed E-state index contributed by atoms with van der Waals surface area (Å²) in [5.41, 5.74) is 3.63. The highest BCUT2D eigenvalue weighted by Gasteiger charge is 2.20. The molecule has 0 radical (unpaired) electrons. The minimum Gasteiger partial charge on any atom is -0.326 e. The second kappa shape index (κ2) is 9.17. The first-order valence-electron chi connectivity index (χ1n) is 9.31. The Hall–Kier alpha value is -3.15. The van der Waals surface area contributed by atoms with Crippen LogP contribution in [0.4, 0.5) is 17.1 Å². The normalized spacial score (nSPS) is 10.7. The minimum atomic E-state index is -0.770. The van der Waals surface area contributed by atoms with E-state index in [1.165, 1.54) is 6.92 Å². The first-order valence-corrected chi connectivity index (χ1v) is 9.31. The van der Waals surface area contributed by atoms with Crippen molar-refractivity contribution in [3.63, 3.8) is 0 Å². The summed E-state index contributed by atoms with van der Waals surface area (Å²) in [5, 5.41) is 8.00. The van der Waals surface area contributed by atoms with Crippen molar-refractivity contribution in [1.82, 2.24) is 0 Å². The van der Waals surface area contributed by atoms with Crippen LogP contribution in [0.3, 0.4) is 0 Å². The number of benzene rings is 2. The third-order valence-corrected chi connectivity index (χ3v) is 4.26. The topological polar surface area (TPSA) is 87.3 Å². The van der Waals surface area contributed by atoms with Gasteiger partial charge in [-0.2, -0.15) is 0 Å². The molecule has 3 amide bonds. The highest BCUT2D eigenvalue weighted by atomic mass is 16.2. The fraction of sp³-hybridized carbons (Fsp3) is 0.318. The highest BCUT2D eigenvalue weighted by molar-refractivity contribution is 6.43. The standard InChI is InChI=1S/C22H27N3O3/c1-13(2)18-10-7-11-19(14(3)4)20(18)25-22(28)21(27)24-17-9-6-8-16(12-17)23-15(5)26/h6-14H,1-5H3,(H,23,26)(H,24,27)(H,25,28). The Morgan fingerprint density at radius 1 is 0.714 bits per heavy atom. The predicted octanol–water partition coefficient (Wildman–Crippen LogP) is 4.47. The molecule has 6 heteroatoms. The van der Waals surface area contributed by atoms with Crippen molar-refractivity contribution in [3.8, 4) is 0 Å². The maximum Gasteiger partial charge on any atom is 0.314 e. The molecule has 3 N–H and O–H groups in total. The SMILES string of the molecule is CC(=O)Nc1cccc(NC(=O)C(=O)Nc2c(C(C)C)cccc2C(C)C)c1. The van der Waals surface area contributed by atoms with E-state index < -0.39 is 11.8 Å². The Morgan fingerprint density at radius 3 is 1.68 bits per heavy atom. The summed E-state index contributed by atoms with van der Waals surface area (Å²) in [6, 6.07) is 12.5. The zero-order chi connectivity index (χ0) is 20.8. The number of anilines is 3. The largest absolute Gasteiger partial charge is 0.326 e. The third-order valence-electron chi connectivity index (χ3n) is 4.26. The molecule has 0 atom stereocenters. The molecule has 0 aliphatic heterocycles. The smallest absolute Gasteiger partial charge is 0.314 e. The van der Waals surface area contributed by atoms with Gasteiger partial charge in [-0.1, -0.05) is 52.0 Å². The molecule has 28 heavy (non-hydrogen) atoms. The number of carbonyl (C=O) groups is 3. The van der Waals surface area contributed by atoms with Crippen molar-refractivity contribution in [1.29, 1.82) is 0 Å². The summed E-state index contributed by atoms with van der Waals surface area (Å²) >= 11 is 0. The van der Waals surface area contributed by atoms with Crippen LogP contribution in [-0.2, 0) is 14.4 Å². The molecule has 0 heterocycles. The molecule has 0 aromatic heterocycles. The van der Waals surface area contributed by atoms with E-state index in [1.54, 1.807) is 24.3 Å². The van der Waals surface area contributed by atoms with Gasteiger partial charge in [-0.05, 0) is 41.2 Å². The number of para-hydroxylation sites is 1. The molecule has 2 aromatic rings. The Bertz CT molecular complexity index is 862. The molecule has 0 saturated heterocycles. The molecule has 0 aliphatic carbocycles. The molecular weight excluding hydrogens is 354 g/mol. The van der Waals surface area contributed by atoms with Crippen LogP contribution in [0.1, 0.15) is 57.6 Å². The number of hydrogen-bond acceptors (Lipinski definition) is 3. The third kappa shape index (κ3) is 5.42. The zero-order valence-corrected chi connectivity index (χ0v) is 16.9. The molecule has 2 rings (SSSR count). The number of carbonyl (C=O) groups excluding carboxylic acids is 3. The Labute approximate surface area is 165 Å². The first kappa shape index (κ1) is 21.2. The molecule has 0 fully saturated rings. The van der Waals surface area contributed by atoms with Crippen LogP contribution in [-0.4, -0.2) is 17.7 Å². The van der Waals surface area contributed by atoms with Gasteiger partial charge in [-0.15, -0.1) is 0 Å². The van der Waals surface area contributed by atoms with Crippen LogP contribution in [0.5, 0.6) is 0 Å². The first-order chi connectivity index (χ1) is 13.2. The van der Waals surface area contributed by atoms with Gasteiger partial charge in [-0.25, -0.2) is 0 Å². The maximum atomic E-state index is 12.5. The molecule has 0 bridgehead atoms. The second-order valence-corrected chi connectivity index (χ2v) is 7.29. The molecule has 0 aliphatic rings. The minimum absolute atomic E-state index is 0.200. The average Bonchev–Trinajstić information content (AvgIpc) is 2.61. The van der Waals surface area contributed by atoms with Crippen LogP contribution >= 0.6 is 0 Å². The van der Waals surface area contributed by atoms with Gasteiger partial charge in [0.15, 0.2) is 0 Å². The van der Waals surface area contributed by atoms with Crippen molar-refractivity contribution in [2.24, 2.45) is 0 Å². The lowest BCUT2D eigenvalue weighted by atomic mass is 9.92. The Kier molecular flexibility index (Phi) is 6.93. The van der Waals surface area contributed by atoms with Crippen LogP contribution in [0.15, 0.2) is 42.5 Å². The van der Waals surface area contributed by atoms with Gasteiger partial charge < -0.3 is 16.0 Å². The van der Waals surface area contributed by atoms with Crippen LogP contribution < -0.4 is 16.0 Å². The fourth-order valence-corrected chi connectivity index (χ4v) is 2.93. The van der Waals surface area contributed by atoms with Crippen LogP contribution in [0.2, 0.25) is 0 Å². The zero-order valence-electron chi connectivity index (χ0n) is 16.9. The van der Waals surface area contributed by atoms with Crippen LogP contribution in [0, 0.1) is 0 Å². The number of amides is 3. The number of nitrogens with one attached hydrogen (secondary N) is 3. The summed E-state index contributed by atoms with van der Waals surface area (Å²) < 4.78 is 0. The van der Waals surface area contributed by atoms with E-state index >= 15 is 0 Å². The van der Waals surface area contributed by atoms with E-state index in [4.69, 9.17) is 0 Å². The fourth-order valence-electron chi connectivity index (χ4n) is 2.93.